The lowest BCUT2D eigenvalue weighted by Gasteiger charge is -2.34. The summed E-state index contributed by atoms with van der Waals surface area (Å²) in [5.74, 6) is 0.828. The third kappa shape index (κ3) is 5.69. The first-order valence-electron chi connectivity index (χ1n) is 12.1. The van der Waals surface area contributed by atoms with E-state index in [0.717, 1.165) is 36.2 Å². The molecule has 1 aliphatic heterocycles. The van der Waals surface area contributed by atoms with Crippen LogP contribution < -0.4 is 20.7 Å². The quantitative estimate of drug-likeness (QED) is 0.316. The SMILES string of the molecule is COc1cccc(F)c1-c1nccc(Nc2cc(N3CCC[C@H](N)C3)c(-c3ccc(F)c(C)c3)cn2)n1.Cl. The number of ether oxygens (including phenoxy) is 1. The molecule has 3 heterocycles. The van der Waals surface area contributed by atoms with E-state index < -0.39 is 5.82 Å². The van der Waals surface area contributed by atoms with Gasteiger partial charge in [0.2, 0.25) is 0 Å². The maximum Gasteiger partial charge on any atom is 0.168 e. The Morgan fingerprint density at radius 3 is 2.66 bits per heavy atom. The summed E-state index contributed by atoms with van der Waals surface area (Å²) in [6.45, 7) is 3.31. The lowest BCUT2D eigenvalue weighted by atomic mass is 10.00. The summed E-state index contributed by atoms with van der Waals surface area (Å²) >= 11 is 0. The van der Waals surface area contributed by atoms with Gasteiger partial charge < -0.3 is 20.7 Å². The van der Waals surface area contributed by atoms with Crippen LogP contribution in [0.4, 0.5) is 26.1 Å². The van der Waals surface area contributed by atoms with Crippen molar-refractivity contribution in [3.05, 3.63) is 78.1 Å². The Morgan fingerprint density at radius 1 is 1.05 bits per heavy atom. The first kappa shape index (κ1) is 27.2. The zero-order valence-corrected chi connectivity index (χ0v) is 21.9. The lowest BCUT2D eigenvalue weighted by molar-refractivity contribution is 0.413. The molecule has 1 saturated heterocycles. The van der Waals surface area contributed by atoms with Crippen molar-refractivity contribution in [1.82, 2.24) is 15.0 Å². The van der Waals surface area contributed by atoms with E-state index >= 15 is 0 Å². The zero-order valence-electron chi connectivity index (χ0n) is 21.1. The van der Waals surface area contributed by atoms with E-state index in [1.165, 1.54) is 19.2 Å². The molecular weight excluding hydrogens is 510 g/mol. The number of rotatable bonds is 6. The number of methoxy groups -OCH3 is 1. The van der Waals surface area contributed by atoms with Gasteiger partial charge in [-0.25, -0.2) is 23.7 Å². The van der Waals surface area contributed by atoms with E-state index in [0.29, 0.717) is 29.5 Å². The van der Waals surface area contributed by atoms with Gasteiger partial charge in [0.05, 0.1) is 12.7 Å². The number of hydrogen-bond acceptors (Lipinski definition) is 7. The Labute approximate surface area is 226 Å². The molecule has 1 atom stereocenters. The van der Waals surface area contributed by atoms with Crippen LogP contribution in [-0.4, -0.2) is 41.2 Å². The number of benzene rings is 2. The van der Waals surface area contributed by atoms with Crippen molar-refractivity contribution in [3.8, 4) is 28.3 Å². The molecule has 0 unspecified atom stereocenters. The summed E-state index contributed by atoms with van der Waals surface area (Å²) < 4.78 is 33.9. The number of nitrogens with zero attached hydrogens (tertiary/aromatic N) is 4. The van der Waals surface area contributed by atoms with Crippen LogP contribution in [0.1, 0.15) is 18.4 Å². The van der Waals surface area contributed by atoms with Gasteiger partial charge in [0, 0.05) is 48.8 Å². The van der Waals surface area contributed by atoms with Crippen molar-refractivity contribution < 1.29 is 13.5 Å². The maximum atomic E-state index is 14.6. The molecule has 0 bridgehead atoms. The average molecular weight is 539 g/mol. The number of hydrogen-bond donors (Lipinski definition) is 2. The molecule has 2 aromatic heterocycles. The summed E-state index contributed by atoms with van der Waals surface area (Å²) in [5.41, 5.74) is 9.76. The number of nitrogens with one attached hydrogen (secondary N) is 1. The minimum Gasteiger partial charge on any atom is -0.496 e. The standard InChI is InChI=1S/C28H28F2N6O.ClH/c1-17-13-18(8-9-21(17)29)20-15-33-26(14-23(20)36-12-4-5-19(31)16-36)34-25-10-11-32-28(35-25)27-22(30)6-3-7-24(27)37-2;/h3,6-11,13-15,19H,4-5,12,16,31H2,1-2H3,(H,32,33,34,35);1H/t19-;/m0./s1. The van der Waals surface area contributed by atoms with Gasteiger partial charge in [0.25, 0.3) is 0 Å². The number of aromatic nitrogens is 3. The third-order valence-electron chi connectivity index (χ3n) is 6.48. The number of aryl methyl sites for hydroxylation is 1. The number of piperidine rings is 1. The smallest absolute Gasteiger partial charge is 0.168 e. The monoisotopic (exact) mass is 538 g/mol. The molecule has 198 valence electrons. The third-order valence-corrected chi connectivity index (χ3v) is 6.48. The van der Waals surface area contributed by atoms with Gasteiger partial charge in [-0.05, 0) is 61.2 Å². The van der Waals surface area contributed by atoms with Gasteiger partial charge in [-0.3, -0.25) is 0 Å². The molecule has 1 fully saturated rings. The Morgan fingerprint density at radius 2 is 1.89 bits per heavy atom. The van der Waals surface area contributed by atoms with E-state index in [1.807, 2.05) is 12.1 Å². The largest absolute Gasteiger partial charge is 0.496 e. The Kier molecular flexibility index (Phi) is 8.38. The van der Waals surface area contributed by atoms with Crippen LogP contribution in [0, 0.1) is 18.6 Å². The summed E-state index contributed by atoms with van der Waals surface area (Å²) in [5, 5.41) is 3.22. The van der Waals surface area contributed by atoms with Gasteiger partial charge in [0.1, 0.15) is 29.0 Å². The Bertz CT molecular complexity index is 1440. The average Bonchev–Trinajstić information content (AvgIpc) is 2.90. The molecular formula is C28H29ClF2N6O. The minimum absolute atomic E-state index is 0. The van der Waals surface area contributed by atoms with Crippen molar-refractivity contribution in [2.45, 2.75) is 25.8 Å². The molecule has 1 aliphatic rings. The van der Waals surface area contributed by atoms with Crippen molar-refractivity contribution >= 4 is 29.7 Å². The number of halogens is 3. The van der Waals surface area contributed by atoms with Crippen molar-refractivity contribution in [1.29, 1.82) is 0 Å². The molecule has 38 heavy (non-hydrogen) atoms. The van der Waals surface area contributed by atoms with Gasteiger partial charge in [0.15, 0.2) is 5.82 Å². The maximum absolute atomic E-state index is 14.6. The van der Waals surface area contributed by atoms with Gasteiger partial charge in [-0.15, -0.1) is 12.4 Å². The second-order valence-corrected chi connectivity index (χ2v) is 9.11. The van der Waals surface area contributed by atoms with Crippen LogP contribution in [0.2, 0.25) is 0 Å². The molecule has 0 spiro atoms. The molecule has 0 saturated carbocycles. The normalized spacial score (nSPS) is 15.1. The molecule has 10 heteroatoms. The molecule has 0 amide bonds. The van der Waals surface area contributed by atoms with Crippen LogP contribution in [0.15, 0.2) is 60.9 Å². The highest BCUT2D eigenvalue weighted by molar-refractivity contribution is 5.85. The second-order valence-electron chi connectivity index (χ2n) is 9.11. The van der Waals surface area contributed by atoms with Crippen molar-refractivity contribution in [3.63, 3.8) is 0 Å². The fourth-order valence-corrected chi connectivity index (χ4v) is 4.61. The van der Waals surface area contributed by atoms with Gasteiger partial charge >= 0.3 is 0 Å². The fraction of sp³-hybridized carbons (Fsp3) is 0.250. The summed E-state index contributed by atoms with van der Waals surface area (Å²) in [6.07, 6.45) is 5.28. The van der Waals surface area contributed by atoms with Gasteiger partial charge in [-0.1, -0.05) is 12.1 Å². The molecule has 4 aromatic rings. The molecule has 0 aliphatic carbocycles. The lowest BCUT2D eigenvalue weighted by Crippen LogP contribution is -2.43. The van der Waals surface area contributed by atoms with E-state index in [9.17, 15) is 8.78 Å². The number of pyridine rings is 1. The summed E-state index contributed by atoms with van der Waals surface area (Å²) in [7, 11) is 1.47. The van der Waals surface area contributed by atoms with E-state index in [4.69, 9.17) is 10.5 Å². The van der Waals surface area contributed by atoms with E-state index in [1.54, 1.807) is 43.6 Å². The van der Waals surface area contributed by atoms with Crippen molar-refractivity contribution in [2.75, 3.05) is 30.4 Å². The first-order chi connectivity index (χ1) is 17.9. The van der Waals surface area contributed by atoms with E-state index in [2.05, 4.69) is 25.2 Å². The predicted molar refractivity (Wildman–Crippen MR) is 148 cm³/mol. The van der Waals surface area contributed by atoms with Crippen LogP contribution >= 0.6 is 12.4 Å². The van der Waals surface area contributed by atoms with Crippen LogP contribution in [0.3, 0.4) is 0 Å². The summed E-state index contributed by atoms with van der Waals surface area (Å²) in [6, 6.07) is 13.3. The minimum atomic E-state index is -0.475. The molecule has 0 radical (unpaired) electrons. The molecule has 7 nitrogen and oxygen atoms in total. The molecule has 2 aromatic carbocycles. The van der Waals surface area contributed by atoms with Gasteiger partial charge in [-0.2, -0.15) is 0 Å². The first-order valence-corrected chi connectivity index (χ1v) is 12.1. The topological polar surface area (TPSA) is 89.2 Å². The predicted octanol–water partition coefficient (Wildman–Crippen LogP) is 5.89. The number of anilines is 3. The fourth-order valence-electron chi connectivity index (χ4n) is 4.61. The number of nitrogens with two attached hydrogens (primary N) is 1. The van der Waals surface area contributed by atoms with Crippen LogP contribution in [-0.2, 0) is 0 Å². The van der Waals surface area contributed by atoms with Crippen molar-refractivity contribution in [2.24, 2.45) is 5.73 Å². The second kappa shape index (κ2) is 11.7. The Balaban J connectivity index is 0.00000336. The Hall–Kier alpha value is -3.82. The molecule has 5 rings (SSSR count). The van der Waals surface area contributed by atoms with Crippen LogP contribution in [0.25, 0.3) is 22.5 Å². The molecule has 3 N–H and O–H groups in total. The highest BCUT2D eigenvalue weighted by Gasteiger charge is 2.22. The highest BCUT2D eigenvalue weighted by atomic mass is 35.5. The summed E-state index contributed by atoms with van der Waals surface area (Å²) in [4.78, 5) is 15.6. The van der Waals surface area contributed by atoms with Crippen LogP contribution in [0.5, 0.6) is 5.75 Å². The van der Waals surface area contributed by atoms with E-state index in [-0.39, 0.29) is 35.7 Å². The highest BCUT2D eigenvalue weighted by Crippen LogP contribution is 2.35. The zero-order chi connectivity index (χ0) is 25.9.